The fourth-order valence-electron chi connectivity index (χ4n) is 5.99. The lowest BCUT2D eigenvalue weighted by molar-refractivity contribution is -0.141. The zero-order valence-corrected chi connectivity index (χ0v) is 27.8. The summed E-state index contributed by atoms with van der Waals surface area (Å²) in [7, 11) is -3.93. The minimum atomic E-state index is -3.93. The van der Waals surface area contributed by atoms with Gasteiger partial charge >= 0.3 is 12.2 Å². The van der Waals surface area contributed by atoms with E-state index in [9.17, 15) is 36.8 Å². The molecule has 3 fully saturated rings. The summed E-state index contributed by atoms with van der Waals surface area (Å²) in [6, 6.07) is 1.89. The molecular weight excluding hydrogens is 651 g/mol. The lowest BCUT2D eigenvalue weighted by atomic mass is 10.1. The number of carbonyl (C=O) groups excluding carboxylic acids is 5. The van der Waals surface area contributed by atoms with Crippen LogP contribution in [0.3, 0.4) is 0 Å². The molecule has 1 saturated heterocycles. The molecule has 0 spiro atoms. The topological polar surface area (TPSA) is 207 Å². The molecule has 5 atom stereocenters. The molecule has 5 rings (SSSR count). The highest BCUT2D eigenvalue weighted by Gasteiger charge is 2.62. The number of rotatable bonds is 10. The molecule has 4 aliphatic rings. The third kappa shape index (κ3) is 7.41. The van der Waals surface area contributed by atoms with Crippen LogP contribution in [0.1, 0.15) is 57.6 Å². The number of alkyl carbamates (subject to hydrolysis) is 1. The first kappa shape index (κ1) is 35.1. The molecule has 5 unspecified atom stereocenters. The third-order valence-corrected chi connectivity index (χ3v) is 10.6. The number of carbonyl (C=O) groups is 5. The van der Waals surface area contributed by atoms with E-state index in [-0.39, 0.29) is 39.0 Å². The van der Waals surface area contributed by atoms with E-state index in [0.717, 1.165) is 4.90 Å². The summed E-state index contributed by atoms with van der Waals surface area (Å²) in [5.41, 5.74) is 4.32. The summed E-state index contributed by atoms with van der Waals surface area (Å²) in [5.74, 6) is -3.54. The van der Waals surface area contributed by atoms with E-state index >= 15 is 0 Å². The van der Waals surface area contributed by atoms with Gasteiger partial charge in [-0.1, -0.05) is 18.2 Å². The molecule has 0 aromatic heterocycles. The second-order valence-corrected chi connectivity index (χ2v) is 15.6. The molecule has 2 heterocycles. The first-order valence-corrected chi connectivity index (χ1v) is 17.2. The predicted molar refractivity (Wildman–Crippen MR) is 168 cm³/mol. The molecular formula is C31H41FN6O9S. The Morgan fingerprint density at radius 3 is 2.48 bits per heavy atom. The van der Waals surface area contributed by atoms with Crippen molar-refractivity contribution in [2.75, 3.05) is 13.1 Å². The highest BCUT2D eigenvalue weighted by Crippen LogP contribution is 2.45. The van der Waals surface area contributed by atoms with Gasteiger partial charge in [0.25, 0.3) is 5.91 Å². The van der Waals surface area contributed by atoms with Crippen LogP contribution in [0.4, 0.5) is 14.0 Å². The standard InChI is InChI=1S/C31H41FN6O9S/c1-5-18-12-31(18,27(41)36-48(44,45)20-9-10-20)35-25(39)24-11-19(46-29(43)37-14-17-7-6-8-22(32)21(17)16-37)15-38(24)26(40)23(13-33)34-28(42)47-30(2,3)4/h5-8,18-20,23-24H,1,9-16,33H2,2-4H3,(H,34,42)(H,35,39)(H,36,41). The minimum Gasteiger partial charge on any atom is -0.444 e. The number of ether oxygens (including phenoxy) is 2. The normalized spacial score (nSPS) is 25.4. The molecule has 2 aliphatic heterocycles. The fourth-order valence-corrected chi connectivity index (χ4v) is 7.36. The summed E-state index contributed by atoms with van der Waals surface area (Å²) in [6.07, 6.45) is -0.577. The second-order valence-electron chi connectivity index (χ2n) is 13.6. The van der Waals surface area contributed by atoms with Gasteiger partial charge < -0.3 is 30.7 Å². The third-order valence-electron chi connectivity index (χ3n) is 8.77. The van der Waals surface area contributed by atoms with Gasteiger partial charge in [-0.3, -0.25) is 24.0 Å². The SMILES string of the molecule is C=CC1CC1(NC(=O)C1CC(OC(=O)N2Cc3cccc(F)c3C2)CN1C(=O)C(CN)NC(=O)OC(C)(C)C)C(=O)NS(=O)(=O)C1CC1. The van der Waals surface area contributed by atoms with Crippen LogP contribution in [0.25, 0.3) is 0 Å². The Labute approximate surface area is 277 Å². The van der Waals surface area contributed by atoms with Gasteiger partial charge in [0, 0.05) is 31.0 Å². The highest BCUT2D eigenvalue weighted by molar-refractivity contribution is 7.91. The first-order chi connectivity index (χ1) is 22.5. The Hall–Kier alpha value is -4.25. The van der Waals surface area contributed by atoms with Gasteiger partial charge in [-0.15, -0.1) is 6.58 Å². The van der Waals surface area contributed by atoms with Gasteiger partial charge in [-0.2, -0.15) is 0 Å². The predicted octanol–water partition coefficient (Wildman–Crippen LogP) is 0.769. The summed E-state index contributed by atoms with van der Waals surface area (Å²) >= 11 is 0. The van der Waals surface area contributed by atoms with E-state index in [1.807, 2.05) is 0 Å². The number of likely N-dealkylation sites (tertiary alicyclic amines) is 1. The molecule has 17 heteroatoms. The van der Waals surface area contributed by atoms with Crippen molar-refractivity contribution in [2.45, 2.75) is 94.1 Å². The van der Waals surface area contributed by atoms with Gasteiger partial charge in [0.2, 0.25) is 21.8 Å². The van der Waals surface area contributed by atoms with Crippen molar-refractivity contribution >= 4 is 39.9 Å². The van der Waals surface area contributed by atoms with Crippen molar-refractivity contribution in [3.8, 4) is 0 Å². The number of nitrogens with zero attached hydrogens (tertiary/aromatic N) is 2. The van der Waals surface area contributed by atoms with Crippen LogP contribution >= 0.6 is 0 Å². The number of nitrogens with one attached hydrogen (secondary N) is 3. The van der Waals surface area contributed by atoms with E-state index in [1.165, 1.54) is 23.1 Å². The Balaban J connectivity index is 1.34. The molecule has 262 valence electrons. The van der Waals surface area contributed by atoms with Gasteiger partial charge in [0.15, 0.2) is 0 Å². The molecule has 15 nitrogen and oxygen atoms in total. The summed E-state index contributed by atoms with van der Waals surface area (Å²) < 4.78 is 52.4. The summed E-state index contributed by atoms with van der Waals surface area (Å²) in [5, 5.41) is 4.36. The van der Waals surface area contributed by atoms with E-state index in [2.05, 4.69) is 21.9 Å². The van der Waals surface area contributed by atoms with Gasteiger partial charge in [-0.05, 0) is 51.7 Å². The lowest BCUT2D eigenvalue weighted by Crippen LogP contribution is -2.59. The maximum absolute atomic E-state index is 14.3. The summed E-state index contributed by atoms with van der Waals surface area (Å²) in [4.78, 5) is 69.0. The van der Waals surface area contributed by atoms with Crippen molar-refractivity contribution in [1.29, 1.82) is 0 Å². The van der Waals surface area contributed by atoms with Crippen LogP contribution in [0, 0.1) is 11.7 Å². The van der Waals surface area contributed by atoms with Crippen LogP contribution in [-0.2, 0) is 47.0 Å². The maximum Gasteiger partial charge on any atom is 0.410 e. The summed E-state index contributed by atoms with van der Waals surface area (Å²) in [6.45, 7) is 8.02. The molecule has 0 bridgehead atoms. The smallest absolute Gasteiger partial charge is 0.410 e. The van der Waals surface area contributed by atoms with Crippen LogP contribution in [-0.4, -0.2) is 95.8 Å². The van der Waals surface area contributed by atoms with Crippen molar-refractivity contribution in [1.82, 2.24) is 25.2 Å². The maximum atomic E-state index is 14.3. The van der Waals surface area contributed by atoms with E-state index in [4.69, 9.17) is 15.2 Å². The second kappa shape index (κ2) is 13.0. The van der Waals surface area contributed by atoms with Crippen LogP contribution in [0.15, 0.2) is 30.9 Å². The van der Waals surface area contributed by atoms with Crippen LogP contribution < -0.4 is 21.1 Å². The highest BCUT2D eigenvalue weighted by atomic mass is 32.2. The average Bonchev–Trinajstić information content (AvgIpc) is 3.89. The Morgan fingerprint density at radius 1 is 1.19 bits per heavy atom. The number of sulfonamides is 1. The molecule has 48 heavy (non-hydrogen) atoms. The zero-order chi connectivity index (χ0) is 35.2. The van der Waals surface area contributed by atoms with Crippen molar-refractivity contribution in [3.63, 3.8) is 0 Å². The van der Waals surface area contributed by atoms with E-state index in [1.54, 1.807) is 26.8 Å². The van der Waals surface area contributed by atoms with Gasteiger partial charge in [0.1, 0.15) is 35.1 Å². The number of fused-ring (bicyclic) bond motifs is 1. The van der Waals surface area contributed by atoms with Gasteiger partial charge in [0.05, 0.1) is 18.3 Å². The Kier molecular flexibility index (Phi) is 9.49. The van der Waals surface area contributed by atoms with Crippen molar-refractivity contribution < 1.29 is 46.3 Å². The number of hydrogen-bond acceptors (Lipinski definition) is 10. The molecule has 5 N–H and O–H groups in total. The number of benzene rings is 1. The Morgan fingerprint density at radius 2 is 1.90 bits per heavy atom. The van der Waals surface area contributed by atoms with Crippen molar-refractivity contribution in [3.05, 3.63) is 47.8 Å². The Bertz CT molecular complexity index is 1630. The first-order valence-electron chi connectivity index (χ1n) is 15.7. The molecule has 1 aromatic carbocycles. The average molecular weight is 693 g/mol. The zero-order valence-electron chi connectivity index (χ0n) is 27.0. The van der Waals surface area contributed by atoms with Crippen molar-refractivity contribution in [2.24, 2.45) is 11.7 Å². The van der Waals surface area contributed by atoms with E-state index < -0.39 is 86.2 Å². The fraction of sp³-hybridized carbons (Fsp3) is 0.581. The molecule has 5 amide bonds. The molecule has 0 radical (unpaired) electrons. The quantitative estimate of drug-likeness (QED) is 0.253. The minimum absolute atomic E-state index is 0.0283. The number of nitrogens with two attached hydrogens (primary N) is 1. The molecule has 1 aromatic rings. The monoisotopic (exact) mass is 692 g/mol. The lowest BCUT2D eigenvalue weighted by Gasteiger charge is -2.30. The van der Waals surface area contributed by atoms with Crippen LogP contribution in [0.5, 0.6) is 0 Å². The molecule has 2 saturated carbocycles. The number of halogens is 1. The van der Waals surface area contributed by atoms with Gasteiger partial charge in [-0.25, -0.2) is 22.4 Å². The largest absolute Gasteiger partial charge is 0.444 e. The number of hydrogen-bond donors (Lipinski definition) is 4. The number of amides is 5. The van der Waals surface area contributed by atoms with Crippen LogP contribution in [0.2, 0.25) is 0 Å². The van der Waals surface area contributed by atoms with E-state index in [0.29, 0.717) is 24.0 Å². The molecule has 2 aliphatic carbocycles.